The van der Waals surface area contributed by atoms with Crippen LogP contribution >= 0.6 is 0 Å². The Balaban J connectivity index is 2.01. The highest BCUT2D eigenvalue weighted by atomic mass is 16.4. The van der Waals surface area contributed by atoms with Crippen LogP contribution in [0.4, 0.5) is 0 Å². The van der Waals surface area contributed by atoms with E-state index in [2.05, 4.69) is 10.1 Å². The summed E-state index contributed by atoms with van der Waals surface area (Å²) >= 11 is 0. The zero-order valence-electron chi connectivity index (χ0n) is 10.4. The predicted molar refractivity (Wildman–Crippen MR) is 70.9 cm³/mol. The zero-order valence-corrected chi connectivity index (χ0v) is 10.4. The van der Waals surface area contributed by atoms with E-state index in [-0.39, 0.29) is 11.4 Å². The standard InChI is InChI=1S/C14H11N3O3/c18-10-4-1-3-9(7-10)8-12-15-13-6-2-5-11(14(19)20)17(13)16-12/h1-7,18H,8H2,(H,19,20). The number of carboxylic acid groups (broad SMARTS) is 1. The van der Waals surface area contributed by atoms with Crippen LogP contribution in [0, 0.1) is 0 Å². The van der Waals surface area contributed by atoms with Crippen molar-refractivity contribution in [3.63, 3.8) is 0 Å². The third-order valence-corrected chi connectivity index (χ3v) is 2.90. The Kier molecular flexibility index (Phi) is 2.83. The number of carboxylic acids is 1. The molecule has 0 bridgehead atoms. The Bertz CT molecular complexity index is 795. The van der Waals surface area contributed by atoms with Gasteiger partial charge in [0.05, 0.1) is 0 Å². The van der Waals surface area contributed by atoms with Gasteiger partial charge >= 0.3 is 5.97 Å². The maximum Gasteiger partial charge on any atom is 0.354 e. The van der Waals surface area contributed by atoms with Crippen molar-refractivity contribution in [3.8, 4) is 5.75 Å². The maximum absolute atomic E-state index is 11.1. The number of phenols is 1. The van der Waals surface area contributed by atoms with Crippen molar-refractivity contribution in [2.75, 3.05) is 0 Å². The lowest BCUT2D eigenvalue weighted by Gasteiger charge is -1.98. The van der Waals surface area contributed by atoms with E-state index in [1.165, 1.54) is 10.6 Å². The first-order valence-electron chi connectivity index (χ1n) is 5.99. The molecule has 0 saturated carbocycles. The molecule has 6 nitrogen and oxygen atoms in total. The van der Waals surface area contributed by atoms with Gasteiger partial charge in [-0.25, -0.2) is 14.3 Å². The first kappa shape index (κ1) is 12.2. The molecule has 0 aliphatic carbocycles. The minimum absolute atomic E-state index is 0.0668. The Labute approximate surface area is 113 Å². The number of phenolic OH excluding ortho intramolecular Hbond substituents is 1. The number of benzene rings is 1. The number of rotatable bonds is 3. The second-order valence-electron chi connectivity index (χ2n) is 4.36. The Morgan fingerprint density at radius 1 is 1.20 bits per heavy atom. The van der Waals surface area contributed by atoms with Crippen LogP contribution < -0.4 is 0 Å². The lowest BCUT2D eigenvalue weighted by molar-refractivity contribution is 0.0687. The van der Waals surface area contributed by atoms with Gasteiger partial charge in [-0.15, -0.1) is 0 Å². The van der Waals surface area contributed by atoms with Crippen LogP contribution in [0.3, 0.4) is 0 Å². The number of fused-ring (bicyclic) bond motifs is 1. The topological polar surface area (TPSA) is 87.7 Å². The largest absolute Gasteiger partial charge is 0.508 e. The van der Waals surface area contributed by atoms with Crippen molar-refractivity contribution < 1.29 is 15.0 Å². The third-order valence-electron chi connectivity index (χ3n) is 2.90. The molecule has 2 heterocycles. The van der Waals surface area contributed by atoms with Crippen LogP contribution in [0.25, 0.3) is 5.65 Å². The summed E-state index contributed by atoms with van der Waals surface area (Å²) in [7, 11) is 0. The normalized spacial score (nSPS) is 10.8. The molecular weight excluding hydrogens is 258 g/mol. The molecule has 3 rings (SSSR count). The van der Waals surface area contributed by atoms with Gasteiger partial charge in [-0.2, -0.15) is 5.10 Å². The lowest BCUT2D eigenvalue weighted by Crippen LogP contribution is -2.05. The highest BCUT2D eigenvalue weighted by molar-refractivity contribution is 5.86. The van der Waals surface area contributed by atoms with Crippen LogP contribution in [0.5, 0.6) is 5.75 Å². The highest BCUT2D eigenvalue weighted by Crippen LogP contribution is 2.14. The van der Waals surface area contributed by atoms with Gasteiger partial charge in [0, 0.05) is 6.42 Å². The van der Waals surface area contributed by atoms with Gasteiger partial charge < -0.3 is 10.2 Å². The quantitative estimate of drug-likeness (QED) is 0.756. The van der Waals surface area contributed by atoms with Crippen LogP contribution in [-0.4, -0.2) is 30.8 Å². The van der Waals surface area contributed by atoms with Crippen molar-refractivity contribution in [3.05, 3.63) is 59.5 Å². The Morgan fingerprint density at radius 3 is 2.75 bits per heavy atom. The average Bonchev–Trinajstić information content (AvgIpc) is 2.80. The summed E-state index contributed by atoms with van der Waals surface area (Å²) in [6.45, 7) is 0. The summed E-state index contributed by atoms with van der Waals surface area (Å²) < 4.78 is 1.31. The van der Waals surface area contributed by atoms with E-state index in [4.69, 9.17) is 5.11 Å². The monoisotopic (exact) mass is 269 g/mol. The maximum atomic E-state index is 11.1. The fourth-order valence-electron chi connectivity index (χ4n) is 2.04. The van der Waals surface area contributed by atoms with Crippen LogP contribution in [-0.2, 0) is 6.42 Å². The highest BCUT2D eigenvalue weighted by Gasteiger charge is 2.12. The fourth-order valence-corrected chi connectivity index (χ4v) is 2.04. The molecule has 6 heteroatoms. The number of hydrogen-bond acceptors (Lipinski definition) is 4. The van der Waals surface area contributed by atoms with E-state index in [0.29, 0.717) is 17.9 Å². The lowest BCUT2D eigenvalue weighted by atomic mass is 10.1. The number of nitrogens with zero attached hydrogens (tertiary/aromatic N) is 3. The summed E-state index contributed by atoms with van der Waals surface area (Å²) in [5.41, 5.74) is 1.41. The second kappa shape index (κ2) is 4.65. The SMILES string of the molecule is O=C(O)c1cccc2nc(Cc3cccc(O)c3)nn12. The van der Waals surface area contributed by atoms with E-state index >= 15 is 0 Å². The van der Waals surface area contributed by atoms with Gasteiger partial charge in [-0.05, 0) is 29.8 Å². The minimum Gasteiger partial charge on any atom is -0.508 e. The molecule has 0 amide bonds. The van der Waals surface area contributed by atoms with Gasteiger partial charge in [0.15, 0.2) is 17.2 Å². The summed E-state index contributed by atoms with van der Waals surface area (Å²) in [6, 6.07) is 11.6. The van der Waals surface area contributed by atoms with E-state index in [0.717, 1.165) is 5.56 Å². The van der Waals surface area contributed by atoms with Crippen molar-refractivity contribution in [2.45, 2.75) is 6.42 Å². The summed E-state index contributed by atoms with van der Waals surface area (Å²) in [5.74, 6) is -0.369. The van der Waals surface area contributed by atoms with Gasteiger partial charge in [0.1, 0.15) is 5.75 Å². The predicted octanol–water partition coefficient (Wildman–Crippen LogP) is 1.72. The molecule has 0 spiro atoms. The van der Waals surface area contributed by atoms with Crippen LogP contribution in [0.1, 0.15) is 21.9 Å². The number of aromatic hydroxyl groups is 1. The number of carbonyl (C=O) groups is 1. The van der Waals surface area contributed by atoms with Crippen LogP contribution in [0.2, 0.25) is 0 Å². The molecule has 1 aromatic carbocycles. The average molecular weight is 269 g/mol. The minimum atomic E-state index is -1.05. The zero-order chi connectivity index (χ0) is 14.1. The Morgan fingerprint density at radius 2 is 2.00 bits per heavy atom. The van der Waals surface area contributed by atoms with Crippen LogP contribution in [0.15, 0.2) is 42.5 Å². The molecule has 0 saturated heterocycles. The summed E-state index contributed by atoms with van der Waals surface area (Å²) in [6.07, 6.45) is 0.426. The molecular formula is C14H11N3O3. The molecule has 0 fully saturated rings. The van der Waals surface area contributed by atoms with Gasteiger partial charge in [0.2, 0.25) is 0 Å². The molecule has 0 unspecified atom stereocenters. The summed E-state index contributed by atoms with van der Waals surface area (Å²) in [4.78, 5) is 15.4. The van der Waals surface area contributed by atoms with Crippen molar-refractivity contribution in [1.29, 1.82) is 0 Å². The number of aromatic nitrogens is 3. The number of pyridine rings is 1. The molecule has 100 valence electrons. The third kappa shape index (κ3) is 2.18. The number of hydrogen-bond donors (Lipinski definition) is 2. The van der Waals surface area contributed by atoms with E-state index in [1.807, 2.05) is 6.07 Å². The van der Waals surface area contributed by atoms with Gasteiger partial charge in [-0.3, -0.25) is 0 Å². The van der Waals surface area contributed by atoms with E-state index < -0.39 is 5.97 Å². The molecule has 2 N–H and O–H groups in total. The molecule has 0 radical (unpaired) electrons. The van der Waals surface area contributed by atoms with Gasteiger partial charge in [0.25, 0.3) is 0 Å². The molecule has 0 atom stereocenters. The first-order valence-corrected chi connectivity index (χ1v) is 5.99. The van der Waals surface area contributed by atoms with E-state index in [9.17, 15) is 9.90 Å². The van der Waals surface area contributed by atoms with Crippen molar-refractivity contribution >= 4 is 11.6 Å². The van der Waals surface area contributed by atoms with Crippen molar-refractivity contribution in [1.82, 2.24) is 14.6 Å². The molecule has 0 aliphatic heterocycles. The fraction of sp³-hybridized carbons (Fsp3) is 0.0714. The smallest absolute Gasteiger partial charge is 0.354 e. The molecule has 3 aromatic rings. The number of aromatic carboxylic acids is 1. The van der Waals surface area contributed by atoms with Crippen molar-refractivity contribution in [2.24, 2.45) is 0 Å². The molecule has 0 aliphatic rings. The second-order valence-corrected chi connectivity index (χ2v) is 4.36. The Hall–Kier alpha value is -2.89. The summed E-state index contributed by atoms with van der Waals surface area (Å²) in [5, 5.41) is 22.7. The van der Waals surface area contributed by atoms with Gasteiger partial charge in [-0.1, -0.05) is 18.2 Å². The first-order chi connectivity index (χ1) is 9.63. The molecule has 20 heavy (non-hydrogen) atoms. The van der Waals surface area contributed by atoms with E-state index in [1.54, 1.807) is 30.3 Å². The molecule has 2 aromatic heterocycles.